The Kier molecular flexibility index (Phi) is 4.04. The number of aromatic amines is 2. The monoisotopic (exact) mass is 392 g/mol. The maximum Gasteiger partial charge on any atom is 0.326 e. The maximum absolute atomic E-state index is 11.4. The van der Waals surface area contributed by atoms with Crippen LogP contribution in [0.1, 0.15) is 24.2 Å². The van der Waals surface area contributed by atoms with Crippen molar-refractivity contribution in [2.24, 2.45) is 4.99 Å². The highest BCUT2D eigenvalue weighted by Crippen LogP contribution is 2.22. The van der Waals surface area contributed by atoms with Gasteiger partial charge in [-0.25, -0.2) is 9.79 Å². The zero-order chi connectivity index (χ0) is 19.8. The van der Waals surface area contributed by atoms with Crippen LogP contribution in [0.25, 0.3) is 11.7 Å². The van der Waals surface area contributed by atoms with Crippen LogP contribution < -0.4 is 21.3 Å². The summed E-state index contributed by atoms with van der Waals surface area (Å²) < 4.78 is 7.25. The van der Waals surface area contributed by atoms with Crippen LogP contribution in [0.2, 0.25) is 0 Å². The van der Waals surface area contributed by atoms with Crippen LogP contribution in [0.4, 0.5) is 0 Å². The van der Waals surface area contributed by atoms with Gasteiger partial charge in [-0.2, -0.15) is 19.6 Å². The van der Waals surface area contributed by atoms with Gasteiger partial charge in [-0.1, -0.05) is 6.07 Å². The highest BCUT2D eigenvalue weighted by molar-refractivity contribution is 5.56. The molecule has 146 valence electrons. The van der Waals surface area contributed by atoms with Gasteiger partial charge in [0, 0.05) is 11.4 Å². The first kappa shape index (κ1) is 17.1. The van der Waals surface area contributed by atoms with Crippen molar-refractivity contribution < 1.29 is 9.84 Å². The zero-order valence-corrected chi connectivity index (χ0v) is 15.1. The van der Waals surface area contributed by atoms with Crippen LogP contribution in [-0.4, -0.2) is 45.7 Å². The molecule has 11 heteroatoms. The van der Waals surface area contributed by atoms with Gasteiger partial charge in [0.1, 0.15) is 12.3 Å². The summed E-state index contributed by atoms with van der Waals surface area (Å²) in [6.45, 7) is 0.207. The number of nitrogens with zero attached hydrogens (tertiary/aromatic N) is 6. The summed E-state index contributed by atoms with van der Waals surface area (Å²) in [5, 5.41) is 14.7. The molecule has 3 N–H and O–H groups in total. The quantitative estimate of drug-likeness (QED) is 0.412. The standard InChI is InChI=1S/C18H16N8O3/c27-15-13(22-17(28)24-15)7-10-8-20-26-14(10)23-18(25-16(26)21-11-4-5-11)29-9-12-3-1-2-6-19-12/h1-3,6-8,11,27H,4-5,9H2,(H2,22,24,28). The second-order valence-electron chi connectivity index (χ2n) is 6.60. The summed E-state index contributed by atoms with van der Waals surface area (Å²) in [5.74, 6) is -0.266. The van der Waals surface area contributed by atoms with Gasteiger partial charge in [-0.15, -0.1) is 0 Å². The second-order valence-corrected chi connectivity index (χ2v) is 6.60. The fourth-order valence-corrected chi connectivity index (χ4v) is 2.75. The summed E-state index contributed by atoms with van der Waals surface area (Å²) in [5.41, 5.74) is 1.28. The smallest absolute Gasteiger partial charge is 0.326 e. The third-order valence-corrected chi connectivity index (χ3v) is 4.31. The van der Waals surface area contributed by atoms with E-state index in [1.807, 2.05) is 18.2 Å². The van der Waals surface area contributed by atoms with Gasteiger partial charge in [0.05, 0.1) is 17.9 Å². The van der Waals surface area contributed by atoms with E-state index in [2.05, 4.69) is 35.0 Å². The highest BCUT2D eigenvalue weighted by Gasteiger charge is 2.21. The molecule has 0 saturated heterocycles. The van der Waals surface area contributed by atoms with E-state index in [-0.39, 0.29) is 30.2 Å². The second kappa shape index (κ2) is 6.86. The molecular formula is C18H16N8O3. The minimum absolute atomic E-state index is 0.143. The van der Waals surface area contributed by atoms with E-state index >= 15 is 0 Å². The molecule has 5 rings (SSSR count). The van der Waals surface area contributed by atoms with Crippen molar-refractivity contribution >= 4 is 11.7 Å². The topological polar surface area (TPSA) is 146 Å². The van der Waals surface area contributed by atoms with Gasteiger partial charge >= 0.3 is 11.7 Å². The van der Waals surface area contributed by atoms with Crippen LogP contribution in [-0.2, 0) is 6.61 Å². The van der Waals surface area contributed by atoms with E-state index in [1.54, 1.807) is 18.5 Å². The van der Waals surface area contributed by atoms with Gasteiger partial charge in [-0.3, -0.25) is 9.97 Å². The number of nitrogens with one attached hydrogen (secondary N) is 2. The number of hydrogen-bond acceptors (Lipinski definition) is 8. The molecular weight excluding hydrogens is 376 g/mol. The lowest BCUT2D eigenvalue weighted by atomic mass is 10.3. The van der Waals surface area contributed by atoms with E-state index in [4.69, 9.17) is 4.74 Å². The van der Waals surface area contributed by atoms with Crippen LogP contribution >= 0.6 is 0 Å². The minimum Gasteiger partial charge on any atom is -0.493 e. The lowest BCUT2D eigenvalue weighted by Crippen LogP contribution is -2.24. The largest absolute Gasteiger partial charge is 0.493 e. The molecule has 4 aromatic rings. The number of H-pyrrole nitrogens is 2. The van der Waals surface area contributed by atoms with Crippen molar-refractivity contribution in [1.82, 2.24) is 34.5 Å². The number of hydrogen-bond donors (Lipinski definition) is 3. The molecule has 0 spiro atoms. The molecule has 29 heavy (non-hydrogen) atoms. The van der Waals surface area contributed by atoms with Crippen molar-refractivity contribution in [3.05, 3.63) is 63.3 Å². The Hall–Kier alpha value is -4.02. The molecule has 0 unspecified atom stereocenters. The van der Waals surface area contributed by atoms with Crippen LogP contribution in [0.15, 0.2) is 40.4 Å². The predicted octanol–water partition coefficient (Wildman–Crippen LogP) is -0.569. The first-order valence-electron chi connectivity index (χ1n) is 9.01. The molecule has 11 nitrogen and oxygen atoms in total. The van der Waals surface area contributed by atoms with Crippen molar-refractivity contribution in [3.63, 3.8) is 0 Å². The molecule has 1 aliphatic carbocycles. The zero-order valence-electron chi connectivity index (χ0n) is 15.1. The molecule has 0 aromatic carbocycles. The van der Waals surface area contributed by atoms with Gasteiger partial charge in [0.25, 0.3) is 5.62 Å². The van der Waals surface area contributed by atoms with Crippen molar-refractivity contribution in [2.45, 2.75) is 25.5 Å². The minimum atomic E-state index is -0.511. The highest BCUT2D eigenvalue weighted by atomic mass is 16.5. The molecule has 0 bridgehead atoms. The van der Waals surface area contributed by atoms with Gasteiger partial charge < -0.3 is 14.8 Å². The Bertz CT molecular complexity index is 1350. The average molecular weight is 392 g/mol. The molecule has 0 radical (unpaired) electrons. The van der Waals surface area contributed by atoms with E-state index in [1.165, 1.54) is 4.52 Å². The number of aromatic nitrogens is 7. The third kappa shape index (κ3) is 3.57. The van der Waals surface area contributed by atoms with E-state index in [0.29, 0.717) is 16.5 Å². The molecule has 1 aliphatic rings. The Morgan fingerprint density at radius 3 is 2.93 bits per heavy atom. The fourth-order valence-electron chi connectivity index (χ4n) is 2.75. The Labute approximate surface area is 162 Å². The van der Waals surface area contributed by atoms with E-state index in [0.717, 1.165) is 18.5 Å². The van der Waals surface area contributed by atoms with Crippen molar-refractivity contribution in [2.75, 3.05) is 0 Å². The SMILES string of the molecule is O=c1[nH]c(O)c(C=c2cnn3c(=NC4CC4)nc(OCc4ccccn4)nc23)[nH]1. The molecule has 4 heterocycles. The first-order chi connectivity index (χ1) is 14.2. The van der Waals surface area contributed by atoms with Crippen LogP contribution in [0, 0.1) is 0 Å². The molecule has 0 amide bonds. The number of fused-ring (bicyclic) bond motifs is 1. The summed E-state index contributed by atoms with van der Waals surface area (Å²) in [4.78, 5) is 33.8. The number of aromatic hydroxyl groups is 1. The summed E-state index contributed by atoms with van der Waals surface area (Å²) in [6.07, 6.45) is 6.82. The van der Waals surface area contributed by atoms with E-state index < -0.39 is 5.69 Å². The van der Waals surface area contributed by atoms with E-state index in [9.17, 15) is 9.90 Å². The molecule has 4 aromatic heterocycles. The van der Waals surface area contributed by atoms with Crippen molar-refractivity contribution in [3.8, 4) is 11.9 Å². The Morgan fingerprint density at radius 2 is 2.21 bits per heavy atom. The maximum atomic E-state index is 11.4. The molecule has 0 aliphatic heterocycles. The van der Waals surface area contributed by atoms with Crippen LogP contribution in [0.5, 0.6) is 11.9 Å². The lowest BCUT2D eigenvalue weighted by molar-refractivity contribution is 0.274. The summed E-state index contributed by atoms with van der Waals surface area (Å²) in [6, 6.07) is 5.91. The number of pyridine rings is 1. The predicted molar refractivity (Wildman–Crippen MR) is 99.8 cm³/mol. The normalized spacial score (nSPS) is 15.3. The first-order valence-corrected chi connectivity index (χ1v) is 9.01. The number of imidazole rings is 1. The van der Waals surface area contributed by atoms with Gasteiger partial charge in [0.15, 0.2) is 5.65 Å². The number of rotatable bonds is 5. The Balaban J connectivity index is 1.61. The molecule has 1 fully saturated rings. The number of ether oxygens (including phenoxy) is 1. The van der Waals surface area contributed by atoms with Crippen LogP contribution in [0.3, 0.4) is 0 Å². The summed E-state index contributed by atoms with van der Waals surface area (Å²) >= 11 is 0. The Morgan fingerprint density at radius 1 is 1.31 bits per heavy atom. The van der Waals surface area contributed by atoms with Crippen molar-refractivity contribution in [1.29, 1.82) is 0 Å². The molecule has 1 saturated carbocycles. The summed E-state index contributed by atoms with van der Waals surface area (Å²) in [7, 11) is 0. The van der Waals surface area contributed by atoms with Gasteiger partial charge in [-0.05, 0) is 31.1 Å². The lowest BCUT2D eigenvalue weighted by Gasteiger charge is -2.04. The molecule has 0 atom stereocenters. The third-order valence-electron chi connectivity index (χ3n) is 4.31. The van der Waals surface area contributed by atoms with Gasteiger partial charge in [0.2, 0.25) is 5.88 Å². The average Bonchev–Trinajstić information content (AvgIpc) is 3.36. The fraction of sp³-hybridized carbons (Fsp3) is 0.222.